The maximum absolute atomic E-state index is 12.1. The molecule has 1 heterocycles. The molecule has 1 atom stereocenters. The summed E-state index contributed by atoms with van der Waals surface area (Å²) in [6.45, 7) is 2.38. The summed E-state index contributed by atoms with van der Waals surface area (Å²) in [5.74, 6) is -1.63. The summed E-state index contributed by atoms with van der Waals surface area (Å²) in [7, 11) is 0. The highest BCUT2D eigenvalue weighted by atomic mass is 16.6. The molecule has 1 unspecified atom stereocenters. The molecule has 0 spiro atoms. The molecule has 9 nitrogen and oxygen atoms in total. The van der Waals surface area contributed by atoms with Gasteiger partial charge in [-0.05, 0) is 32.3 Å². The van der Waals surface area contributed by atoms with E-state index in [1.807, 2.05) is 0 Å². The lowest BCUT2D eigenvalue weighted by Crippen LogP contribution is -2.42. The molecule has 1 aliphatic heterocycles. The fraction of sp³-hybridized carbons (Fsp3) is 0.471. The summed E-state index contributed by atoms with van der Waals surface area (Å²) in [5, 5.41) is 13.2. The third kappa shape index (κ3) is 5.27. The lowest BCUT2D eigenvalue weighted by Gasteiger charge is -2.26. The summed E-state index contributed by atoms with van der Waals surface area (Å²) in [5.41, 5.74) is -0.164. The fourth-order valence-corrected chi connectivity index (χ4v) is 2.59. The lowest BCUT2D eigenvalue weighted by atomic mass is 10.1. The predicted octanol–water partition coefficient (Wildman–Crippen LogP) is 1.27. The Bertz CT molecular complexity index is 699. The van der Waals surface area contributed by atoms with Crippen LogP contribution in [0.5, 0.6) is 0 Å². The quantitative estimate of drug-likeness (QED) is 0.462. The monoisotopic (exact) mass is 363 g/mol. The molecule has 2 amide bonds. The number of carbonyl (C=O) groups is 3. The largest absolute Gasteiger partial charge is 0.454 e. The van der Waals surface area contributed by atoms with Gasteiger partial charge in [0.2, 0.25) is 0 Å². The second-order valence-electron chi connectivity index (χ2n) is 6.05. The third-order valence-electron chi connectivity index (χ3n) is 4.07. The topological polar surface area (TPSA) is 119 Å². The zero-order valence-corrected chi connectivity index (χ0v) is 14.5. The minimum absolute atomic E-state index is 0.0586. The fourth-order valence-electron chi connectivity index (χ4n) is 2.59. The Morgan fingerprint density at radius 3 is 2.62 bits per heavy atom. The number of ether oxygens (including phenoxy) is 1. The Balaban J connectivity index is 1.84. The molecule has 1 N–H and O–H groups in total. The van der Waals surface area contributed by atoms with E-state index in [2.05, 4.69) is 5.32 Å². The zero-order chi connectivity index (χ0) is 19.1. The lowest BCUT2D eigenvalue weighted by molar-refractivity contribution is -0.384. The van der Waals surface area contributed by atoms with Crippen LogP contribution in [0.1, 0.15) is 36.5 Å². The Morgan fingerprint density at radius 1 is 1.27 bits per heavy atom. The Labute approximate surface area is 150 Å². The normalized spacial score (nSPS) is 15.0. The predicted molar refractivity (Wildman–Crippen MR) is 91.4 cm³/mol. The van der Waals surface area contributed by atoms with E-state index < -0.39 is 22.8 Å². The molecular formula is C17H21N3O6. The number of likely N-dealkylation sites (tertiary alicyclic amines) is 1. The van der Waals surface area contributed by atoms with Gasteiger partial charge in [-0.1, -0.05) is 6.07 Å². The number of carbonyl (C=O) groups excluding carboxylic acids is 3. The molecule has 0 radical (unpaired) electrons. The Kier molecular flexibility index (Phi) is 6.65. The smallest absolute Gasteiger partial charge is 0.328 e. The summed E-state index contributed by atoms with van der Waals surface area (Å²) in [6.07, 6.45) is 2.97. The molecule has 26 heavy (non-hydrogen) atoms. The number of hydrogen-bond donors (Lipinski definition) is 1. The molecule has 0 bridgehead atoms. The van der Waals surface area contributed by atoms with Crippen molar-refractivity contribution in [3.63, 3.8) is 0 Å². The van der Waals surface area contributed by atoms with Crippen molar-refractivity contribution in [2.75, 3.05) is 19.7 Å². The number of amides is 2. The van der Waals surface area contributed by atoms with Crippen LogP contribution in [-0.2, 0) is 14.3 Å². The second kappa shape index (κ2) is 8.93. The van der Waals surface area contributed by atoms with E-state index >= 15 is 0 Å². The van der Waals surface area contributed by atoms with Crippen LogP contribution in [0.25, 0.3) is 0 Å². The van der Waals surface area contributed by atoms with Crippen LogP contribution in [-0.4, -0.2) is 53.3 Å². The van der Waals surface area contributed by atoms with Crippen molar-refractivity contribution in [2.24, 2.45) is 0 Å². The number of nitrogens with zero attached hydrogens (tertiary/aromatic N) is 2. The number of hydrogen-bond acceptors (Lipinski definition) is 6. The standard InChI is InChI=1S/C17H21N3O6/c1-12(17(23)26-11-15(21)19-8-3-2-4-9-19)18-16(22)13-6-5-7-14(10-13)20(24)25/h5-7,10,12H,2-4,8-9,11H2,1H3,(H,18,22). The molecule has 0 saturated carbocycles. The number of piperidine rings is 1. The van der Waals surface area contributed by atoms with Gasteiger partial charge in [0.25, 0.3) is 17.5 Å². The van der Waals surface area contributed by atoms with Gasteiger partial charge in [0, 0.05) is 30.8 Å². The number of benzene rings is 1. The van der Waals surface area contributed by atoms with Crippen molar-refractivity contribution in [2.45, 2.75) is 32.2 Å². The van der Waals surface area contributed by atoms with Crippen molar-refractivity contribution < 1.29 is 24.0 Å². The van der Waals surface area contributed by atoms with Crippen molar-refractivity contribution in [1.29, 1.82) is 0 Å². The van der Waals surface area contributed by atoms with E-state index in [1.54, 1.807) is 4.90 Å². The van der Waals surface area contributed by atoms with E-state index in [0.717, 1.165) is 25.3 Å². The molecule has 1 fully saturated rings. The van der Waals surface area contributed by atoms with Gasteiger partial charge in [-0.25, -0.2) is 4.79 Å². The van der Waals surface area contributed by atoms with E-state index in [0.29, 0.717) is 13.1 Å². The van der Waals surface area contributed by atoms with Crippen LogP contribution in [0.4, 0.5) is 5.69 Å². The second-order valence-corrected chi connectivity index (χ2v) is 6.05. The van der Waals surface area contributed by atoms with Gasteiger partial charge < -0.3 is 15.0 Å². The highest BCUT2D eigenvalue weighted by molar-refractivity contribution is 5.97. The first-order valence-corrected chi connectivity index (χ1v) is 8.38. The maximum Gasteiger partial charge on any atom is 0.328 e. The van der Waals surface area contributed by atoms with Gasteiger partial charge in [-0.3, -0.25) is 19.7 Å². The van der Waals surface area contributed by atoms with Crippen LogP contribution in [0.2, 0.25) is 0 Å². The molecule has 1 aromatic rings. The molecule has 1 saturated heterocycles. The Hall–Kier alpha value is -2.97. The summed E-state index contributed by atoms with van der Waals surface area (Å²) in [6, 6.07) is 4.18. The van der Waals surface area contributed by atoms with Crippen LogP contribution in [0.15, 0.2) is 24.3 Å². The number of nitrogens with one attached hydrogen (secondary N) is 1. The Morgan fingerprint density at radius 2 is 1.96 bits per heavy atom. The van der Waals surface area contributed by atoms with Gasteiger partial charge >= 0.3 is 5.97 Å². The van der Waals surface area contributed by atoms with Gasteiger partial charge in [0.15, 0.2) is 6.61 Å². The molecule has 2 rings (SSSR count). The van der Waals surface area contributed by atoms with E-state index in [-0.39, 0.29) is 23.8 Å². The van der Waals surface area contributed by atoms with Crippen molar-refractivity contribution >= 4 is 23.5 Å². The van der Waals surface area contributed by atoms with Gasteiger partial charge in [-0.2, -0.15) is 0 Å². The molecule has 9 heteroatoms. The van der Waals surface area contributed by atoms with Gasteiger partial charge in [0.1, 0.15) is 6.04 Å². The molecule has 140 valence electrons. The van der Waals surface area contributed by atoms with Gasteiger partial charge in [-0.15, -0.1) is 0 Å². The van der Waals surface area contributed by atoms with E-state index in [1.165, 1.54) is 25.1 Å². The number of non-ortho nitro benzene ring substituents is 1. The number of esters is 1. The highest BCUT2D eigenvalue weighted by Gasteiger charge is 2.22. The molecular weight excluding hydrogens is 342 g/mol. The molecule has 1 aromatic carbocycles. The third-order valence-corrected chi connectivity index (χ3v) is 4.07. The molecule has 0 aromatic heterocycles. The van der Waals surface area contributed by atoms with Crippen molar-refractivity contribution in [3.05, 3.63) is 39.9 Å². The molecule has 0 aliphatic carbocycles. The SMILES string of the molecule is CC(NC(=O)c1cccc([N+](=O)[O-])c1)C(=O)OCC(=O)N1CCCCC1. The highest BCUT2D eigenvalue weighted by Crippen LogP contribution is 2.13. The first kappa shape index (κ1) is 19.4. The van der Waals surface area contributed by atoms with Crippen molar-refractivity contribution in [1.82, 2.24) is 10.2 Å². The minimum Gasteiger partial charge on any atom is -0.454 e. The summed E-state index contributed by atoms with van der Waals surface area (Å²) < 4.78 is 4.96. The first-order valence-electron chi connectivity index (χ1n) is 8.38. The average Bonchev–Trinajstić information content (AvgIpc) is 2.66. The number of nitro groups is 1. The first-order chi connectivity index (χ1) is 12.4. The van der Waals surface area contributed by atoms with E-state index in [4.69, 9.17) is 4.74 Å². The number of rotatable bonds is 6. The molecule has 1 aliphatic rings. The van der Waals surface area contributed by atoms with Crippen LogP contribution in [0, 0.1) is 10.1 Å². The zero-order valence-electron chi connectivity index (χ0n) is 14.5. The number of nitro benzene ring substituents is 1. The summed E-state index contributed by atoms with van der Waals surface area (Å²) in [4.78, 5) is 47.8. The van der Waals surface area contributed by atoms with Crippen LogP contribution in [0.3, 0.4) is 0 Å². The summed E-state index contributed by atoms with van der Waals surface area (Å²) >= 11 is 0. The van der Waals surface area contributed by atoms with Crippen molar-refractivity contribution in [3.8, 4) is 0 Å². The minimum atomic E-state index is -0.990. The maximum atomic E-state index is 12.1. The van der Waals surface area contributed by atoms with Gasteiger partial charge in [0.05, 0.1) is 4.92 Å². The van der Waals surface area contributed by atoms with Crippen LogP contribution >= 0.6 is 0 Å². The van der Waals surface area contributed by atoms with Crippen LogP contribution < -0.4 is 5.32 Å². The van der Waals surface area contributed by atoms with E-state index in [9.17, 15) is 24.5 Å². The average molecular weight is 363 g/mol.